The molecular weight excluding hydrogens is 435 g/mol. The summed E-state index contributed by atoms with van der Waals surface area (Å²) in [6.45, 7) is 3.12. The number of anilines is 1. The number of rotatable bonds is 5. The van der Waals surface area contributed by atoms with E-state index in [0.29, 0.717) is 25.3 Å². The number of carbonyl (C=O) groups excluding carboxylic acids is 1. The van der Waals surface area contributed by atoms with Gasteiger partial charge in [-0.3, -0.25) is 4.79 Å². The molecule has 166 valence electrons. The maximum absolute atomic E-state index is 13.0. The van der Waals surface area contributed by atoms with Crippen molar-refractivity contribution in [3.63, 3.8) is 0 Å². The average Bonchev–Trinajstić information content (AvgIpc) is 3.02. The third-order valence-corrected chi connectivity index (χ3v) is 7.61. The molecule has 1 aliphatic carbocycles. The lowest BCUT2D eigenvalue weighted by molar-refractivity contribution is -0.120. The first-order valence-electron chi connectivity index (χ1n) is 9.71. The molecule has 29 heavy (non-hydrogen) atoms. The van der Waals surface area contributed by atoms with Crippen molar-refractivity contribution < 1.29 is 13.2 Å². The van der Waals surface area contributed by atoms with Crippen LogP contribution >= 0.6 is 24.8 Å². The highest BCUT2D eigenvalue weighted by Gasteiger charge is 2.32. The summed E-state index contributed by atoms with van der Waals surface area (Å²) in [5, 5.41) is 2.90. The monoisotopic (exact) mass is 466 g/mol. The number of hydrogen-bond acceptors (Lipinski definition) is 5. The predicted octanol–water partition coefficient (Wildman–Crippen LogP) is 2.17. The first kappa shape index (κ1) is 26.1. The zero-order valence-electron chi connectivity index (χ0n) is 16.7. The summed E-state index contributed by atoms with van der Waals surface area (Å²) in [7, 11) is -1.56. The largest absolute Gasteiger partial charge is 0.330 e. The minimum Gasteiger partial charge on any atom is -0.330 e. The van der Waals surface area contributed by atoms with Gasteiger partial charge in [0.2, 0.25) is 15.9 Å². The Morgan fingerprint density at radius 2 is 1.90 bits per heavy atom. The molecular formula is C19H32Cl2N4O3S. The lowest BCUT2D eigenvalue weighted by Gasteiger charge is -2.21. The summed E-state index contributed by atoms with van der Waals surface area (Å²) in [6, 6.07) is 6.58. The first-order valence-corrected chi connectivity index (χ1v) is 11.2. The molecule has 1 aromatic carbocycles. The van der Waals surface area contributed by atoms with E-state index in [4.69, 9.17) is 5.73 Å². The van der Waals surface area contributed by atoms with Gasteiger partial charge in [-0.15, -0.1) is 24.8 Å². The number of sulfonamides is 1. The second-order valence-electron chi connectivity index (χ2n) is 7.61. The normalized spacial score (nSPS) is 23.5. The van der Waals surface area contributed by atoms with Gasteiger partial charge in [-0.05, 0) is 63.5 Å². The quantitative estimate of drug-likeness (QED) is 0.692. The smallest absolute Gasteiger partial charge is 0.243 e. The Bertz CT molecular complexity index is 778. The van der Waals surface area contributed by atoms with Gasteiger partial charge in [0.15, 0.2) is 0 Å². The van der Waals surface area contributed by atoms with E-state index in [-0.39, 0.29) is 47.5 Å². The lowest BCUT2D eigenvalue weighted by atomic mass is 9.95. The molecule has 0 bridgehead atoms. The highest BCUT2D eigenvalue weighted by atomic mass is 35.5. The minimum atomic E-state index is -3.57. The Morgan fingerprint density at radius 1 is 1.14 bits per heavy atom. The number of benzene rings is 1. The Morgan fingerprint density at radius 3 is 2.62 bits per heavy atom. The third-order valence-electron chi connectivity index (χ3n) is 5.72. The Labute approximate surface area is 186 Å². The molecule has 7 nitrogen and oxygen atoms in total. The van der Waals surface area contributed by atoms with Crippen molar-refractivity contribution in [2.24, 2.45) is 17.6 Å². The Balaban J connectivity index is 0.00000210. The molecule has 0 spiro atoms. The summed E-state index contributed by atoms with van der Waals surface area (Å²) >= 11 is 0. The van der Waals surface area contributed by atoms with Gasteiger partial charge < -0.3 is 16.0 Å². The third kappa shape index (κ3) is 6.29. The zero-order chi connectivity index (χ0) is 19.4. The van der Waals surface area contributed by atoms with Crippen LogP contribution in [0.1, 0.15) is 25.7 Å². The molecule has 3 rings (SSSR count). The van der Waals surface area contributed by atoms with E-state index in [0.717, 1.165) is 38.8 Å². The fourth-order valence-corrected chi connectivity index (χ4v) is 5.56. The predicted molar refractivity (Wildman–Crippen MR) is 120 cm³/mol. The van der Waals surface area contributed by atoms with E-state index in [1.54, 1.807) is 28.6 Å². The van der Waals surface area contributed by atoms with Gasteiger partial charge in [0.1, 0.15) is 0 Å². The van der Waals surface area contributed by atoms with Gasteiger partial charge in [-0.1, -0.05) is 12.5 Å². The molecule has 1 heterocycles. The fraction of sp³-hybridized carbons (Fsp3) is 0.632. The first-order chi connectivity index (χ1) is 12.9. The standard InChI is InChI=1S/C19H30N4O3S.2ClH/c1-22-9-4-10-23(12-11-22)27(25,26)17-7-3-6-16(13-17)21-19(24)18-8-2-5-15(18)14-20;;/h3,6-7,13,15,18H,2,4-5,8-12,14,20H2,1H3,(H,21,24);2*1H/t15-,18-;;/m1../s1. The van der Waals surface area contributed by atoms with Crippen molar-refractivity contribution in [3.8, 4) is 0 Å². The van der Waals surface area contributed by atoms with E-state index in [1.807, 2.05) is 7.05 Å². The highest BCUT2D eigenvalue weighted by molar-refractivity contribution is 7.89. The van der Waals surface area contributed by atoms with E-state index in [2.05, 4.69) is 10.2 Å². The fourth-order valence-electron chi connectivity index (χ4n) is 4.05. The van der Waals surface area contributed by atoms with Gasteiger partial charge in [0.05, 0.1) is 4.90 Å². The van der Waals surface area contributed by atoms with Crippen LogP contribution < -0.4 is 11.1 Å². The van der Waals surface area contributed by atoms with Crippen LogP contribution in [0.3, 0.4) is 0 Å². The van der Waals surface area contributed by atoms with Gasteiger partial charge in [0, 0.05) is 31.2 Å². The number of carbonyl (C=O) groups is 1. The van der Waals surface area contributed by atoms with E-state index >= 15 is 0 Å². The zero-order valence-corrected chi connectivity index (χ0v) is 19.2. The van der Waals surface area contributed by atoms with Crippen molar-refractivity contribution in [3.05, 3.63) is 24.3 Å². The van der Waals surface area contributed by atoms with Gasteiger partial charge in [0.25, 0.3) is 0 Å². The van der Waals surface area contributed by atoms with Gasteiger partial charge >= 0.3 is 0 Å². The second kappa shape index (κ2) is 11.5. The molecule has 1 saturated heterocycles. The van der Waals surface area contributed by atoms with Crippen LogP contribution in [0.4, 0.5) is 5.69 Å². The molecule has 0 radical (unpaired) electrons. The highest BCUT2D eigenvalue weighted by Crippen LogP contribution is 2.32. The van der Waals surface area contributed by atoms with Crippen LogP contribution in [0.15, 0.2) is 29.2 Å². The Hall–Kier alpha value is -0.900. The number of nitrogens with two attached hydrogens (primary N) is 1. The molecule has 2 aliphatic rings. The SMILES string of the molecule is CN1CCCN(S(=O)(=O)c2cccc(NC(=O)[C@@H]3CCC[C@@H]3CN)c2)CC1.Cl.Cl. The van der Waals surface area contributed by atoms with Crippen molar-refractivity contribution >= 4 is 46.4 Å². The van der Waals surface area contributed by atoms with Crippen LogP contribution in [0, 0.1) is 11.8 Å². The molecule has 0 aromatic heterocycles. The van der Waals surface area contributed by atoms with Crippen LogP contribution in [0.2, 0.25) is 0 Å². The summed E-state index contributed by atoms with van der Waals surface area (Å²) < 4.78 is 27.6. The van der Waals surface area contributed by atoms with Crippen LogP contribution in [0.25, 0.3) is 0 Å². The summed E-state index contributed by atoms with van der Waals surface area (Å²) in [6.07, 6.45) is 3.64. The van der Waals surface area contributed by atoms with Crippen LogP contribution in [-0.2, 0) is 14.8 Å². The summed E-state index contributed by atoms with van der Waals surface area (Å²) in [5.74, 6) is 0.0660. The molecule has 2 atom stereocenters. The maximum atomic E-state index is 13.0. The van der Waals surface area contributed by atoms with E-state index in [1.165, 1.54) is 0 Å². The molecule has 1 amide bonds. The molecule has 1 aromatic rings. The van der Waals surface area contributed by atoms with Crippen molar-refractivity contribution in [2.75, 3.05) is 45.1 Å². The van der Waals surface area contributed by atoms with Crippen LogP contribution in [0.5, 0.6) is 0 Å². The number of halogens is 2. The number of hydrogen-bond donors (Lipinski definition) is 2. The number of amides is 1. The van der Waals surface area contributed by atoms with Crippen molar-refractivity contribution in [1.82, 2.24) is 9.21 Å². The molecule has 10 heteroatoms. The molecule has 1 saturated carbocycles. The lowest BCUT2D eigenvalue weighted by Crippen LogP contribution is -2.34. The second-order valence-corrected chi connectivity index (χ2v) is 9.55. The number of likely N-dealkylation sites (N-methyl/N-ethyl adjacent to an activating group) is 1. The number of nitrogens with one attached hydrogen (secondary N) is 1. The molecule has 1 aliphatic heterocycles. The molecule has 3 N–H and O–H groups in total. The summed E-state index contributed by atoms with van der Waals surface area (Å²) in [4.78, 5) is 15.0. The van der Waals surface area contributed by atoms with Gasteiger partial charge in [-0.25, -0.2) is 8.42 Å². The maximum Gasteiger partial charge on any atom is 0.243 e. The summed E-state index contributed by atoms with van der Waals surface area (Å²) in [5.41, 5.74) is 6.30. The van der Waals surface area contributed by atoms with E-state index in [9.17, 15) is 13.2 Å². The van der Waals surface area contributed by atoms with E-state index < -0.39 is 10.0 Å². The number of nitrogens with zero attached hydrogens (tertiary/aromatic N) is 2. The molecule has 0 unspecified atom stereocenters. The van der Waals surface area contributed by atoms with Crippen LogP contribution in [-0.4, -0.2) is 63.3 Å². The van der Waals surface area contributed by atoms with Crippen molar-refractivity contribution in [2.45, 2.75) is 30.6 Å². The average molecular weight is 467 g/mol. The van der Waals surface area contributed by atoms with Gasteiger partial charge in [-0.2, -0.15) is 4.31 Å². The topological polar surface area (TPSA) is 95.7 Å². The molecule has 2 fully saturated rings. The Kier molecular flexibility index (Phi) is 10.3. The minimum absolute atomic E-state index is 0. The van der Waals surface area contributed by atoms with Crippen molar-refractivity contribution in [1.29, 1.82) is 0 Å².